The molecule has 2 aliphatic heterocycles. The summed E-state index contributed by atoms with van der Waals surface area (Å²) in [5.74, 6) is -1.22. The lowest BCUT2D eigenvalue weighted by atomic mass is 9.94. The van der Waals surface area contributed by atoms with Crippen molar-refractivity contribution in [2.75, 3.05) is 12.0 Å². The zero-order valence-electron chi connectivity index (χ0n) is 22.4. The Hall–Kier alpha value is -4.42. The quantitative estimate of drug-likeness (QED) is 0.0907. The summed E-state index contributed by atoms with van der Waals surface area (Å²) in [5, 5.41) is 30.3. The first-order valence-corrected chi connectivity index (χ1v) is 14.7. The fraction of sp³-hybridized carbons (Fsp3) is 0.200. The molecule has 2 unspecified atom stereocenters. The molecule has 9 nitrogen and oxygen atoms in total. The Bertz CT molecular complexity index is 1740. The Morgan fingerprint density at radius 2 is 1.93 bits per heavy atom. The highest BCUT2D eigenvalue weighted by Crippen LogP contribution is 2.46. The van der Waals surface area contributed by atoms with Gasteiger partial charge in [-0.3, -0.25) is 14.5 Å². The Morgan fingerprint density at radius 1 is 1.14 bits per heavy atom. The predicted octanol–water partition coefficient (Wildman–Crippen LogP) is 5.63. The summed E-state index contributed by atoms with van der Waals surface area (Å²) in [7, 11) is 1.39. The average molecular weight is 606 g/mol. The third kappa shape index (κ3) is 5.07. The lowest BCUT2D eigenvalue weighted by molar-refractivity contribution is -0.132. The zero-order chi connectivity index (χ0) is 29.5. The van der Waals surface area contributed by atoms with E-state index in [9.17, 15) is 24.2 Å². The van der Waals surface area contributed by atoms with Crippen molar-refractivity contribution in [3.63, 3.8) is 0 Å². The number of fused-ring (bicyclic) bond motifs is 1. The highest BCUT2D eigenvalue weighted by Gasteiger charge is 2.48. The van der Waals surface area contributed by atoms with E-state index in [1.54, 1.807) is 36.4 Å². The van der Waals surface area contributed by atoms with E-state index in [0.29, 0.717) is 33.4 Å². The summed E-state index contributed by atoms with van der Waals surface area (Å²) in [4.78, 5) is 28.3. The van der Waals surface area contributed by atoms with E-state index in [0.717, 1.165) is 22.5 Å². The Labute approximate surface area is 248 Å². The van der Waals surface area contributed by atoms with Crippen LogP contribution in [0.25, 0.3) is 5.76 Å². The van der Waals surface area contributed by atoms with Crippen molar-refractivity contribution in [1.82, 2.24) is 10.2 Å². The van der Waals surface area contributed by atoms with Crippen LogP contribution in [0.5, 0.6) is 17.2 Å². The fourth-order valence-electron chi connectivity index (χ4n) is 5.02. The highest BCUT2D eigenvalue weighted by atomic mass is 32.2. The predicted molar refractivity (Wildman–Crippen MR) is 156 cm³/mol. The molecule has 1 fully saturated rings. The van der Waals surface area contributed by atoms with Crippen LogP contribution in [0.3, 0.4) is 0 Å². The second-order valence-corrected chi connectivity index (χ2v) is 12.0. The number of benzene rings is 3. The minimum atomic E-state index is -1.08. The summed E-state index contributed by atoms with van der Waals surface area (Å²) >= 11 is 2.47. The lowest BCUT2D eigenvalue weighted by Crippen LogP contribution is -2.29. The number of amides is 1. The second-order valence-electron chi connectivity index (χ2n) is 9.82. The number of nitrogens with zero attached hydrogens (tertiary/aromatic N) is 3. The Kier molecular flexibility index (Phi) is 7.33. The maximum absolute atomic E-state index is 13.5. The van der Waals surface area contributed by atoms with Crippen molar-refractivity contribution in [2.24, 2.45) is 0 Å². The molecule has 0 bridgehead atoms. The molecule has 1 amide bonds. The van der Waals surface area contributed by atoms with Gasteiger partial charge in [-0.1, -0.05) is 41.3 Å². The molecule has 12 heteroatoms. The third-order valence-electron chi connectivity index (χ3n) is 7.01. The number of aromatic nitrogens is 2. The van der Waals surface area contributed by atoms with Gasteiger partial charge in [0.05, 0.1) is 18.7 Å². The SMILES string of the molecule is COc1cc(C2/C(=C(\O)c3ccc4c(c3)CC(C)O4)C(=O)C(=O)N2c2nnc(SCc3ccc(F)cc3)s2)ccc1O. The van der Waals surface area contributed by atoms with Crippen LogP contribution in [0.15, 0.2) is 70.6 Å². The van der Waals surface area contributed by atoms with E-state index in [4.69, 9.17) is 9.47 Å². The number of hydrogen-bond acceptors (Lipinski definition) is 10. The number of thioether (sulfide) groups is 1. The number of aliphatic hydroxyl groups excluding tert-OH is 1. The summed E-state index contributed by atoms with van der Waals surface area (Å²) < 4.78 is 24.9. The molecule has 2 aliphatic rings. The summed E-state index contributed by atoms with van der Waals surface area (Å²) in [5.41, 5.74) is 2.42. The maximum atomic E-state index is 13.5. The normalized spacial score (nSPS) is 19.2. The zero-order valence-corrected chi connectivity index (χ0v) is 24.0. The third-order valence-corrected chi connectivity index (χ3v) is 9.14. The van der Waals surface area contributed by atoms with Crippen LogP contribution in [0.1, 0.15) is 35.2 Å². The minimum absolute atomic E-state index is 0.0139. The van der Waals surface area contributed by atoms with E-state index in [1.165, 1.54) is 48.0 Å². The number of Topliss-reactive ketones (excluding diaryl/α,β-unsaturated/α-hetero) is 1. The van der Waals surface area contributed by atoms with Crippen LogP contribution in [0.4, 0.5) is 9.52 Å². The molecule has 3 aromatic carbocycles. The van der Waals surface area contributed by atoms with Gasteiger partial charge in [-0.05, 0) is 66.1 Å². The first-order valence-electron chi connectivity index (χ1n) is 12.9. The monoisotopic (exact) mass is 605 g/mol. The first-order chi connectivity index (χ1) is 20.2. The lowest BCUT2D eigenvalue weighted by Gasteiger charge is -2.23. The molecule has 1 aromatic heterocycles. The van der Waals surface area contributed by atoms with Crippen LogP contribution >= 0.6 is 23.1 Å². The highest BCUT2D eigenvalue weighted by molar-refractivity contribution is 8.00. The molecule has 0 spiro atoms. The molecule has 0 aliphatic carbocycles. The average Bonchev–Trinajstić information content (AvgIpc) is 3.67. The van der Waals surface area contributed by atoms with Gasteiger partial charge in [0.15, 0.2) is 15.8 Å². The molecule has 214 valence electrons. The van der Waals surface area contributed by atoms with Gasteiger partial charge in [0.25, 0.3) is 5.78 Å². The number of methoxy groups -OCH3 is 1. The van der Waals surface area contributed by atoms with Crippen molar-refractivity contribution < 1.29 is 33.7 Å². The van der Waals surface area contributed by atoms with Crippen molar-refractivity contribution in [3.05, 3.63) is 94.3 Å². The van der Waals surface area contributed by atoms with Gasteiger partial charge >= 0.3 is 5.91 Å². The van der Waals surface area contributed by atoms with Crippen LogP contribution in [-0.2, 0) is 21.8 Å². The van der Waals surface area contributed by atoms with Crippen LogP contribution < -0.4 is 14.4 Å². The summed E-state index contributed by atoms with van der Waals surface area (Å²) in [6, 6.07) is 14.6. The number of rotatable bonds is 7. The number of carbonyl (C=O) groups is 2. The van der Waals surface area contributed by atoms with Gasteiger partial charge in [-0.15, -0.1) is 10.2 Å². The molecule has 2 atom stereocenters. The van der Waals surface area contributed by atoms with Crippen molar-refractivity contribution in [3.8, 4) is 17.2 Å². The largest absolute Gasteiger partial charge is 0.507 e. The van der Waals surface area contributed by atoms with Crippen LogP contribution in [0, 0.1) is 5.82 Å². The van der Waals surface area contributed by atoms with Crippen molar-refractivity contribution in [2.45, 2.75) is 35.6 Å². The number of aromatic hydroxyl groups is 1. The number of aliphatic hydroxyl groups is 1. The maximum Gasteiger partial charge on any atom is 0.301 e. The molecule has 4 aromatic rings. The Morgan fingerprint density at radius 3 is 2.69 bits per heavy atom. The van der Waals surface area contributed by atoms with E-state index in [-0.39, 0.29) is 39.9 Å². The van der Waals surface area contributed by atoms with E-state index >= 15 is 0 Å². The molecule has 1 saturated heterocycles. The van der Waals surface area contributed by atoms with Gasteiger partial charge in [0, 0.05) is 17.7 Å². The number of ketones is 1. The minimum Gasteiger partial charge on any atom is -0.507 e. The van der Waals surface area contributed by atoms with Gasteiger partial charge in [-0.25, -0.2) is 4.39 Å². The van der Waals surface area contributed by atoms with E-state index < -0.39 is 17.7 Å². The van der Waals surface area contributed by atoms with Gasteiger partial charge < -0.3 is 19.7 Å². The molecular formula is C30H24FN3O6S2. The molecule has 42 heavy (non-hydrogen) atoms. The smallest absolute Gasteiger partial charge is 0.301 e. The van der Waals surface area contributed by atoms with Gasteiger partial charge in [-0.2, -0.15) is 0 Å². The number of hydrogen-bond donors (Lipinski definition) is 2. The Balaban J connectivity index is 1.41. The standard InChI is InChI=1S/C30H24FN3O6S2/c1-15-11-19-12-18(6-10-22(19)40-15)26(36)24-25(17-5-9-21(35)23(13-17)39-2)34(28(38)27(24)37)29-32-33-30(42-29)41-14-16-3-7-20(31)8-4-16/h3-10,12-13,15,25,35-36H,11,14H2,1-2H3/b26-24+. The van der Waals surface area contributed by atoms with Gasteiger partial charge in [0.2, 0.25) is 5.13 Å². The topological polar surface area (TPSA) is 122 Å². The van der Waals surface area contributed by atoms with Crippen molar-refractivity contribution in [1.29, 1.82) is 0 Å². The summed E-state index contributed by atoms with van der Waals surface area (Å²) in [6.45, 7) is 1.94. The van der Waals surface area contributed by atoms with Gasteiger partial charge in [0.1, 0.15) is 23.4 Å². The number of phenols is 1. The van der Waals surface area contributed by atoms with Crippen LogP contribution in [0.2, 0.25) is 0 Å². The molecule has 2 N–H and O–H groups in total. The number of phenolic OH excluding ortho intramolecular Hbond substituents is 1. The number of carbonyl (C=O) groups excluding carboxylic acids is 2. The van der Waals surface area contributed by atoms with Crippen molar-refractivity contribution >= 4 is 45.7 Å². The van der Waals surface area contributed by atoms with E-state index in [2.05, 4.69) is 10.2 Å². The molecular weight excluding hydrogens is 581 g/mol. The molecule has 0 radical (unpaired) electrons. The fourth-order valence-corrected chi connectivity index (χ4v) is 6.84. The van der Waals surface area contributed by atoms with Crippen LogP contribution in [-0.4, -0.2) is 45.3 Å². The summed E-state index contributed by atoms with van der Waals surface area (Å²) in [6.07, 6.45) is 0.631. The molecule has 0 saturated carbocycles. The van der Waals surface area contributed by atoms with E-state index in [1.807, 2.05) is 6.92 Å². The molecule has 6 rings (SSSR count). The number of ether oxygens (including phenoxy) is 2. The molecule has 3 heterocycles. The number of anilines is 1. The number of halogens is 1. The first kappa shape index (κ1) is 27.7. The second kappa shape index (κ2) is 11.1.